The fourth-order valence-electron chi connectivity index (χ4n) is 6.74. The third-order valence-corrected chi connectivity index (χ3v) is 22.3. The number of hydrogen-bond acceptors (Lipinski definition) is 0. The molecule has 0 radical (unpaired) electrons. The largest absolute Gasteiger partial charge is 1.00 e. The number of fused-ring (bicyclic) bond motifs is 2. The van der Waals surface area contributed by atoms with Gasteiger partial charge in [-0.2, -0.15) is 0 Å². The first-order valence-corrected chi connectivity index (χ1v) is 16.6. The van der Waals surface area contributed by atoms with Crippen LogP contribution in [0, 0.1) is 11.8 Å². The van der Waals surface area contributed by atoms with Gasteiger partial charge in [0.15, 0.2) is 0 Å². The van der Waals surface area contributed by atoms with Gasteiger partial charge in [-0.3, -0.25) is 0 Å². The quantitative estimate of drug-likeness (QED) is 0.478. The van der Waals surface area contributed by atoms with Gasteiger partial charge in [-0.05, 0) is 0 Å². The Labute approximate surface area is 183 Å². The van der Waals surface area contributed by atoms with Crippen LogP contribution in [0.4, 0.5) is 0 Å². The Morgan fingerprint density at radius 1 is 1.16 bits per heavy atom. The first-order valence-electron chi connectivity index (χ1n) is 9.18. The molecule has 3 unspecified atom stereocenters. The van der Waals surface area contributed by atoms with Crippen molar-refractivity contribution >= 4 is 16.1 Å². The summed E-state index contributed by atoms with van der Waals surface area (Å²) in [6.07, 6.45) is 6.29. The minimum Gasteiger partial charge on any atom is -1.00 e. The number of halogens is 2. The summed E-state index contributed by atoms with van der Waals surface area (Å²) in [5, 5.41) is 1.91. The van der Waals surface area contributed by atoms with Crippen molar-refractivity contribution in [3.05, 3.63) is 42.9 Å². The molecule has 0 aromatic carbocycles. The minimum absolute atomic E-state index is 0. The zero-order chi connectivity index (χ0) is 16.9. The normalized spacial score (nSPS) is 36.4. The fourth-order valence-corrected chi connectivity index (χ4v) is 28.4. The van der Waals surface area contributed by atoms with Crippen molar-refractivity contribution in [2.45, 2.75) is 64.1 Å². The summed E-state index contributed by atoms with van der Waals surface area (Å²) in [5.41, 5.74) is 6.71. The van der Waals surface area contributed by atoms with Gasteiger partial charge in [0.25, 0.3) is 0 Å². The third kappa shape index (κ3) is 2.45. The third-order valence-electron chi connectivity index (χ3n) is 7.66. The monoisotopic (exact) mass is 485 g/mol. The van der Waals surface area contributed by atoms with E-state index < -0.39 is 16.1 Å². The van der Waals surface area contributed by atoms with Gasteiger partial charge in [0, 0.05) is 0 Å². The first-order chi connectivity index (χ1) is 10.6. The Hall–Kier alpha value is 0.857. The predicted molar refractivity (Wildman–Crippen MR) is 101 cm³/mol. The van der Waals surface area contributed by atoms with Gasteiger partial charge in [-0.15, -0.1) is 0 Å². The van der Waals surface area contributed by atoms with Crippen molar-refractivity contribution < 1.29 is 49.5 Å². The van der Waals surface area contributed by atoms with Gasteiger partial charge in [0.2, 0.25) is 0 Å². The second-order valence-corrected chi connectivity index (χ2v) is 20.9. The summed E-state index contributed by atoms with van der Waals surface area (Å²) >= 11 is 1.71. The predicted octanol–water partition coefficient (Wildman–Crippen LogP) is -0.0831. The van der Waals surface area contributed by atoms with Crippen LogP contribution in [-0.4, -0.2) is 16.1 Å². The van der Waals surface area contributed by atoms with E-state index in [4.69, 9.17) is 0 Å². The summed E-state index contributed by atoms with van der Waals surface area (Å²) in [4.78, 5) is 0. The van der Waals surface area contributed by atoms with Gasteiger partial charge in [-0.1, -0.05) is 0 Å². The van der Waals surface area contributed by atoms with Crippen molar-refractivity contribution in [2.24, 2.45) is 11.8 Å². The van der Waals surface area contributed by atoms with E-state index in [9.17, 15) is 0 Å². The molecule has 4 aliphatic rings. The SMILES string of the molecule is CCC1C=C(C)C=C1C1=C(C)C2=[C]([Zr+2])C1C1(C[Si]1(C)C)[Si]2(C)C.[Cl-].[Cl-]. The summed E-state index contributed by atoms with van der Waals surface area (Å²) in [6.45, 7) is 17.9. The minimum atomic E-state index is -1.28. The topological polar surface area (TPSA) is 0 Å². The Balaban J connectivity index is 0.00000113. The smallest absolute Gasteiger partial charge is 1.00 e. The van der Waals surface area contributed by atoms with E-state index in [-0.39, 0.29) is 24.8 Å². The van der Waals surface area contributed by atoms with Gasteiger partial charge in [-0.25, -0.2) is 0 Å². The molecule has 1 fully saturated rings. The fraction of sp³-hybridized carbons (Fsp3) is 0.600. The van der Waals surface area contributed by atoms with Crippen LogP contribution in [0.2, 0.25) is 36.9 Å². The van der Waals surface area contributed by atoms with Gasteiger partial charge >= 0.3 is 160 Å². The Morgan fingerprint density at radius 2 is 1.72 bits per heavy atom. The molecule has 1 saturated heterocycles. The average Bonchev–Trinajstić information content (AvgIpc) is 2.66. The van der Waals surface area contributed by atoms with Crippen LogP contribution >= 0.6 is 0 Å². The second kappa shape index (κ2) is 6.44. The number of allylic oxidation sites excluding steroid dienone is 8. The summed E-state index contributed by atoms with van der Waals surface area (Å²) in [6, 6.07) is 1.60. The van der Waals surface area contributed by atoms with E-state index in [0.717, 1.165) is 10.6 Å². The molecule has 0 saturated carbocycles. The van der Waals surface area contributed by atoms with Crippen LogP contribution in [0.1, 0.15) is 27.2 Å². The summed E-state index contributed by atoms with van der Waals surface area (Å²) in [7, 11) is -2.30. The summed E-state index contributed by atoms with van der Waals surface area (Å²) < 4.78 is 2.64. The Bertz CT molecular complexity index is 758. The van der Waals surface area contributed by atoms with Crippen molar-refractivity contribution in [1.82, 2.24) is 0 Å². The molecule has 135 valence electrons. The van der Waals surface area contributed by atoms with Gasteiger partial charge in [0.1, 0.15) is 0 Å². The molecule has 2 heterocycles. The molecule has 0 aromatic rings. The second-order valence-electron chi connectivity index (χ2n) is 9.44. The maximum absolute atomic E-state index is 2.71. The van der Waals surface area contributed by atoms with E-state index in [0.29, 0.717) is 5.92 Å². The van der Waals surface area contributed by atoms with Gasteiger partial charge in [0.05, 0.1) is 0 Å². The van der Waals surface area contributed by atoms with Crippen LogP contribution in [0.3, 0.4) is 0 Å². The van der Waals surface area contributed by atoms with E-state index in [1.54, 1.807) is 47.5 Å². The molecular formula is C20H29Cl2Si2Zr. The molecule has 0 nitrogen and oxygen atoms in total. The number of rotatable bonds is 2. The van der Waals surface area contributed by atoms with E-state index >= 15 is 0 Å². The molecule has 3 atom stereocenters. The first kappa shape index (κ1) is 22.1. The maximum atomic E-state index is 2.71. The average molecular weight is 488 g/mol. The molecule has 2 aliphatic heterocycles. The zero-order valence-electron chi connectivity index (χ0n) is 16.5. The van der Waals surface area contributed by atoms with Crippen LogP contribution in [0.5, 0.6) is 0 Å². The van der Waals surface area contributed by atoms with Crippen LogP contribution < -0.4 is 24.8 Å². The summed E-state index contributed by atoms with van der Waals surface area (Å²) in [5.74, 6) is 1.51. The molecule has 1 spiro atoms. The molecule has 4 rings (SSSR count). The van der Waals surface area contributed by atoms with Crippen LogP contribution in [0.15, 0.2) is 42.9 Å². The molecule has 5 heteroatoms. The van der Waals surface area contributed by atoms with Crippen molar-refractivity contribution in [3.8, 4) is 0 Å². The standard InChI is InChI=1S/C20H29Si2.2ClH.Zr/c1-8-15-9-13(2)10-16(15)19-14(3)18-11-17(19)20(22(18,6)7)12-21(20,4)5;;;/h9-10,15,17H,8,12H2,1-7H3;2*1H;/q;;;+2/p-2. The van der Waals surface area contributed by atoms with Crippen LogP contribution in [-0.2, 0) is 24.7 Å². The van der Waals surface area contributed by atoms with Gasteiger partial charge < -0.3 is 24.8 Å². The Kier molecular flexibility index (Phi) is 5.71. The molecular weight excluding hydrogens is 459 g/mol. The van der Waals surface area contributed by atoms with Crippen molar-refractivity contribution in [3.63, 3.8) is 0 Å². The van der Waals surface area contributed by atoms with Crippen molar-refractivity contribution in [1.29, 1.82) is 0 Å². The molecule has 2 aliphatic carbocycles. The number of hydrogen-bond donors (Lipinski definition) is 0. The van der Waals surface area contributed by atoms with Crippen molar-refractivity contribution in [2.75, 3.05) is 0 Å². The zero-order valence-corrected chi connectivity index (χ0v) is 22.4. The molecule has 0 N–H and O–H groups in total. The van der Waals surface area contributed by atoms with E-state index in [1.165, 1.54) is 12.0 Å². The molecule has 25 heavy (non-hydrogen) atoms. The maximum Gasteiger partial charge on any atom is -1.00 e. The van der Waals surface area contributed by atoms with E-state index in [2.05, 4.69) is 59.1 Å². The van der Waals surface area contributed by atoms with Crippen LogP contribution in [0.25, 0.3) is 0 Å². The van der Waals surface area contributed by atoms with E-state index in [1.807, 2.05) is 8.48 Å². The molecule has 0 amide bonds. The molecule has 2 bridgehead atoms. The Morgan fingerprint density at radius 3 is 2.16 bits per heavy atom. The molecule has 0 aromatic heterocycles.